The second-order valence-corrected chi connectivity index (χ2v) is 6.82. The minimum atomic E-state index is 0. The van der Waals surface area contributed by atoms with Crippen LogP contribution in [-0.4, -0.2) is 64.0 Å². The first-order valence-corrected chi connectivity index (χ1v) is 9.31. The number of ether oxygens (including phenoxy) is 2. The highest BCUT2D eigenvalue weighted by Crippen LogP contribution is 2.12. The second-order valence-electron chi connectivity index (χ2n) is 5.79. The topological polar surface area (TPSA) is 46.1 Å². The van der Waals surface area contributed by atoms with Crippen LogP contribution in [-0.2, 0) is 15.9 Å². The summed E-state index contributed by atoms with van der Waals surface area (Å²) in [6.07, 6.45) is 4.66. The molecule has 1 aliphatic heterocycles. The third-order valence-corrected chi connectivity index (χ3v) is 4.86. The van der Waals surface area contributed by atoms with E-state index >= 15 is 0 Å². The van der Waals surface area contributed by atoms with Gasteiger partial charge in [0, 0.05) is 45.3 Å². The second kappa shape index (κ2) is 12.9. The Morgan fingerprint density at radius 1 is 1.54 bits per heavy atom. The van der Waals surface area contributed by atoms with Gasteiger partial charge in [-0.2, -0.15) is 0 Å². The minimum Gasteiger partial charge on any atom is -0.379 e. The van der Waals surface area contributed by atoms with Gasteiger partial charge in [-0.1, -0.05) is 6.07 Å². The molecule has 0 saturated carbocycles. The van der Waals surface area contributed by atoms with Crippen molar-refractivity contribution in [1.29, 1.82) is 0 Å². The molecular weight excluding hydrogens is 437 g/mol. The lowest BCUT2D eigenvalue weighted by Gasteiger charge is -2.21. The van der Waals surface area contributed by atoms with Crippen LogP contribution in [0.5, 0.6) is 0 Å². The third kappa shape index (κ3) is 8.13. The fourth-order valence-electron chi connectivity index (χ4n) is 2.59. The van der Waals surface area contributed by atoms with E-state index in [2.05, 4.69) is 39.8 Å². The van der Waals surface area contributed by atoms with Gasteiger partial charge in [0.15, 0.2) is 5.96 Å². The molecule has 0 radical (unpaired) electrons. The fourth-order valence-corrected chi connectivity index (χ4v) is 3.29. The summed E-state index contributed by atoms with van der Waals surface area (Å²) in [4.78, 5) is 7.93. The number of hydrogen-bond donors (Lipinski definition) is 1. The van der Waals surface area contributed by atoms with Crippen LogP contribution < -0.4 is 5.32 Å². The average molecular weight is 467 g/mol. The molecule has 2 heterocycles. The Morgan fingerprint density at radius 2 is 2.42 bits per heavy atom. The number of halogens is 1. The zero-order valence-electron chi connectivity index (χ0n) is 14.7. The average Bonchev–Trinajstić information content (AvgIpc) is 3.25. The van der Waals surface area contributed by atoms with Crippen molar-refractivity contribution in [3.05, 3.63) is 22.4 Å². The van der Waals surface area contributed by atoms with Gasteiger partial charge in [-0.3, -0.25) is 4.99 Å². The van der Waals surface area contributed by atoms with Gasteiger partial charge in [0.2, 0.25) is 0 Å². The van der Waals surface area contributed by atoms with Crippen LogP contribution in [0.3, 0.4) is 0 Å². The summed E-state index contributed by atoms with van der Waals surface area (Å²) < 4.78 is 11.2. The number of thiophene rings is 1. The molecule has 24 heavy (non-hydrogen) atoms. The first-order valence-electron chi connectivity index (χ1n) is 8.43. The number of aliphatic imine (C=N–C) groups is 1. The number of rotatable bonds is 9. The van der Waals surface area contributed by atoms with Crippen LogP contribution in [0.25, 0.3) is 0 Å². The van der Waals surface area contributed by atoms with E-state index < -0.39 is 0 Å². The van der Waals surface area contributed by atoms with Gasteiger partial charge in [-0.15, -0.1) is 35.3 Å². The molecule has 0 spiro atoms. The lowest BCUT2D eigenvalue weighted by Crippen LogP contribution is -2.40. The monoisotopic (exact) mass is 467 g/mol. The van der Waals surface area contributed by atoms with Gasteiger partial charge in [0.25, 0.3) is 0 Å². The number of likely N-dealkylation sites (N-methyl/N-ethyl adjacent to an activating group) is 1. The lowest BCUT2D eigenvalue weighted by atomic mass is 10.2. The summed E-state index contributed by atoms with van der Waals surface area (Å²) in [5, 5.41) is 5.52. The normalized spacial score (nSPS) is 17.6. The molecule has 1 N–H and O–H groups in total. The summed E-state index contributed by atoms with van der Waals surface area (Å²) in [5.74, 6) is 0.945. The Labute approximate surface area is 166 Å². The number of hydrogen-bond acceptors (Lipinski definition) is 4. The van der Waals surface area contributed by atoms with Crippen molar-refractivity contribution >= 4 is 41.3 Å². The molecule has 7 heteroatoms. The highest BCUT2D eigenvalue weighted by molar-refractivity contribution is 14.0. The van der Waals surface area contributed by atoms with E-state index in [1.54, 1.807) is 0 Å². The van der Waals surface area contributed by atoms with E-state index in [1.807, 2.05) is 18.4 Å². The highest BCUT2D eigenvalue weighted by atomic mass is 127. The van der Waals surface area contributed by atoms with Crippen molar-refractivity contribution < 1.29 is 9.47 Å². The van der Waals surface area contributed by atoms with Gasteiger partial charge in [0.05, 0.1) is 12.7 Å². The van der Waals surface area contributed by atoms with E-state index in [-0.39, 0.29) is 24.0 Å². The van der Waals surface area contributed by atoms with Gasteiger partial charge in [-0.05, 0) is 37.1 Å². The Bertz CT molecular complexity index is 451. The van der Waals surface area contributed by atoms with Crippen LogP contribution >= 0.6 is 35.3 Å². The fraction of sp³-hybridized carbons (Fsp3) is 0.706. The number of guanidine groups is 1. The summed E-state index contributed by atoms with van der Waals surface area (Å²) >= 11 is 1.81. The van der Waals surface area contributed by atoms with Crippen LogP contribution in [0.2, 0.25) is 0 Å². The highest BCUT2D eigenvalue weighted by Gasteiger charge is 2.14. The molecule has 1 aliphatic rings. The summed E-state index contributed by atoms with van der Waals surface area (Å²) in [5.41, 5.74) is 0. The van der Waals surface area contributed by atoms with Crippen molar-refractivity contribution in [2.45, 2.75) is 31.8 Å². The largest absolute Gasteiger partial charge is 0.379 e. The van der Waals surface area contributed by atoms with Crippen LogP contribution in [0.4, 0.5) is 0 Å². The summed E-state index contributed by atoms with van der Waals surface area (Å²) in [6.45, 7) is 4.24. The first-order chi connectivity index (χ1) is 11.3. The number of nitrogens with one attached hydrogen (secondary N) is 1. The summed E-state index contributed by atoms with van der Waals surface area (Å²) in [7, 11) is 3.91. The van der Waals surface area contributed by atoms with E-state index in [0.29, 0.717) is 6.10 Å². The molecule has 0 amide bonds. The quantitative estimate of drug-likeness (QED) is 0.263. The molecule has 0 bridgehead atoms. The molecule has 138 valence electrons. The molecule has 1 saturated heterocycles. The van der Waals surface area contributed by atoms with Crippen LogP contribution in [0, 0.1) is 0 Å². The zero-order valence-corrected chi connectivity index (χ0v) is 17.8. The maximum atomic E-state index is 5.67. The van der Waals surface area contributed by atoms with E-state index in [1.165, 1.54) is 11.3 Å². The van der Waals surface area contributed by atoms with E-state index in [4.69, 9.17) is 9.47 Å². The van der Waals surface area contributed by atoms with Gasteiger partial charge in [-0.25, -0.2) is 0 Å². The van der Waals surface area contributed by atoms with Crippen molar-refractivity contribution in [1.82, 2.24) is 10.2 Å². The molecule has 2 rings (SSSR count). The molecule has 1 aromatic heterocycles. The van der Waals surface area contributed by atoms with E-state index in [9.17, 15) is 0 Å². The Kier molecular flexibility index (Phi) is 11.7. The first kappa shape index (κ1) is 21.7. The van der Waals surface area contributed by atoms with Crippen molar-refractivity contribution in [2.75, 3.05) is 47.0 Å². The third-order valence-electron chi connectivity index (χ3n) is 3.92. The molecule has 0 aromatic carbocycles. The molecule has 0 aliphatic carbocycles. The van der Waals surface area contributed by atoms with Crippen molar-refractivity contribution in [2.24, 2.45) is 4.99 Å². The SMILES string of the molecule is CN=C(NCCCOCC1CCCO1)N(C)CCc1cccs1.I. The molecule has 1 fully saturated rings. The Balaban J connectivity index is 0.00000288. The Morgan fingerprint density at radius 3 is 3.08 bits per heavy atom. The maximum Gasteiger partial charge on any atom is 0.193 e. The Hall–Kier alpha value is -0.380. The lowest BCUT2D eigenvalue weighted by molar-refractivity contribution is 0.0168. The predicted octanol–water partition coefficient (Wildman–Crippen LogP) is 3.00. The summed E-state index contributed by atoms with van der Waals surface area (Å²) in [6, 6.07) is 4.28. The molecule has 1 aromatic rings. The van der Waals surface area contributed by atoms with Crippen molar-refractivity contribution in [3.8, 4) is 0 Å². The maximum absolute atomic E-state index is 5.67. The van der Waals surface area contributed by atoms with Gasteiger partial charge < -0.3 is 19.7 Å². The molecule has 1 atom stereocenters. The van der Waals surface area contributed by atoms with Crippen LogP contribution in [0.15, 0.2) is 22.5 Å². The van der Waals surface area contributed by atoms with Crippen molar-refractivity contribution in [3.63, 3.8) is 0 Å². The molecule has 1 unspecified atom stereocenters. The molecular formula is C17H30IN3O2S. The van der Waals surface area contributed by atoms with Crippen LogP contribution in [0.1, 0.15) is 24.1 Å². The standard InChI is InChI=1S/C17H29N3O2S.HI/c1-18-17(20(2)10-8-16-7-4-13-23-16)19-9-5-11-21-14-15-6-3-12-22-15;/h4,7,13,15H,3,5-6,8-12,14H2,1-2H3,(H,18,19);1H. The molecule has 5 nitrogen and oxygen atoms in total. The van der Waals surface area contributed by atoms with Gasteiger partial charge in [0.1, 0.15) is 0 Å². The zero-order chi connectivity index (χ0) is 16.3. The van der Waals surface area contributed by atoms with E-state index in [0.717, 1.165) is 58.1 Å². The predicted molar refractivity (Wildman–Crippen MR) is 112 cm³/mol. The number of nitrogens with zero attached hydrogens (tertiary/aromatic N) is 2. The smallest absolute Gasteiger partial charge is 0.193 e. The van der Waals surface area contributed by atoms with Gasteiger partial charge >= 0.3 is 0 Å². The minimum absolute atomic E-state index is 0.